The van der Waals surface area contributed by atoms with Gasteiger partial charge in [0.05, 0.1) is 0 Å². The number of hydrogen-bond donors (Lipinski definition) is 1. The number of nitrogens with one attached hydrogen (secondary N) is 1. The Morgan fingerprint density at radius 2 is 1.80 bits per heavy atom. The van der Waals surface area contributed by atoms with Gasteiger partial charge >= 0.3 is 5.97 Å². The number of rotatable bonds is 5. The standard InChI is InChI=1S/C20H20FNO3/c1-13-4-5-14(2)18(12-13)22-20(24)15(3)25-19(23)11-8-16-6-9-17(21)10-7-16/h4-12,15H,1-3H3,(H,22,24)/b11-8+. The van der Waals surface area contributed by atoms with Crippen LogP contribution in [0.2, 0.25) is 0 Å². The molecule has 0 spiro atoms. The van der Waals surface area contributed by atoms with Gasteiger partial charge in [0.25, 0.3) is 5.91 Å². The summed E-state index contributed by atoms with van der Waals surface area (Å²) in [6.07, 6.45) is 1.76. The molecule has 25 heavy (non-hydrogen) atoms. The van der Waals surface area contributed by atoms with E-state index in [0.717, 1.165) is 11.1 Å². The number of carbonyl (C=O) groups excluding carboxylic acids is 2. The second-order valence-corrected chi connectivity index (χ2v) is 5.77. The quantitative estimate of drug-likeness (QED) is 0.660. The number of amides is 1. The lowest BCUT2D eigenvalue weighted by molar-refractivity contribution is -0.148. The number of esters is 1. The van der Waals surface area contributed by atoms with Gasteiger partial charge in [-0.15, -0.1) is 0 Å². The molecule has 130 valence electrons. The van der Waals surface area contributed by atoms with Gasteiger partial charge in [0, 0.05) is 11.8 Å². The van der Waals surface area contributed by atoms with E-state index >= 15 is 0 Å². The summed E-state index contributed by atoms with van der Waals surface area (Å²) in [5.74, 6) is -1.40. The predicted molar refractivity (Wildman–Crippen MR) is 95.5 cm³/mol. The third-order valence-electron chi connectivity index (χ3n) is 3.59. The van der Waals surface area contributed by atoms with Crippen LogP contribution in [0, 0.1) is 19.7 Å². The first-order valence-corrected chi connectivity index (χ1v) is 7.87. The molecule has 1 N–H and O–H groups in total. The molecule has 5 heteroatoms. The van der Waals surface area contributed by atoms with Crippen molar-refractivity contribution in [3.8, 4) is 0 Å². The van der Waals surface area contributed by atoms with E-state index in [4.69, 9.17) is 4.74 Å². The van der Waals surface area contributed by atoms with Gasteiger partial charge in [0.2, 0.25) is 0 Å². The summed E-state index contributed by atoms with van der Waals surface area (Å²) < 4.78 is 17.9. The van der Waals surface area contributed by atoms with Crippen LogP contribution < -0.4 is 5.32 Å². The third-order valence-corrected chi connectivity index (χ3v) is 3.59. The summed E-state index contributed by atoms with van der Waals surface area (Å²) in [6.45, 7) is 5.32. The molecule has 0 bridgehead atoms. The zero-order chi connectivity index (χ0) is 18.4. The van der Waals surface area contributed by atoms with E-state index in [0.29, 0.717) is 11.3 Å². The fourth-order valence-corrected chi connectivity index (χ4v) is 2.11. The first-order valence-electron chi connectivity index (χ1n) is 7.87. The van der Waals surface area contributed by atoms with Crippen LogP contribution in [0.1, 0.15) is 23.6 Å². The Balaban J connectivity index is 1.92. The minimum Gasteiger partial charge on any atom is -0.449 e. The molecule has 1 unspecified atom stereocenters. The van der Waals surface area contributed by atoms with Gasteiger partial charge in [-0.2, -0.15) is 0 Å². The zero-order valence-corrected chi connectivity index (χ0v) is 14.4. The molecule has 0 aliphatic rings. The molecule has 0 saturated heterocycles. The van der Waals surface area contributed by atoms with Gasteiger partial charge in [-0.05, 0) is 61.7 Å². The molecule has 0 aromatic heterocycles. The van der Waals surface area contributed by atoms with E-state index in [2.05, 4.69) is 5.32 Å². The predicted octanol–water partition coefficient (Wildman–Crippen LogP) is 4.03. The maximum atomic E-state index is 12.8. The summed E-state index contributed by atoms with van der Waals surface area (Å²) in [5.41, 5.74) is 3.29. The van der Waals surface area contributed by atoms with Crippen LogP contribution in [0.3, 0.4) is 0 Å². The maximum absolute atomic E-state index is 12.8. The molecular formula is C20H20FNO3. The van der Waals surface area contributed by atoms with Gasteiger partial charge in [-0.25, -0.2) is 9.18 Å². The highest BCUT2D eigenvalue weighted by Crippen LogP contribution is 2.17. The Morgan fingerprint density at radius 1 is 1.12 bits per heavy atom. The van der Waals surface area contributed by atoms with Crippen molar-refractivity contribution in [1.82, 2.24) is 0 Å². The first-order chi connectivity index (χ1) is 11.8. The highest BCUT2D eigenvalue weighted by molar-refractivity contribution is 5.97. The molecule has 2 rings (SSSR count). The molecule has 0 aliphatic heterocycles. The largest absolute Gasteiger partial charge is 0.449 e. The van der Waals surface area contributed by atoms with E-state index in [9.17, 15) is 14.0 Å². The second-order valence-electron chi connectivity index (χ2n) is 5.77. The summed E-state index contributed by atoms with van der Waals surface area (Å²) in [4.78, 5) is 24.0. The second kappa shape index (κ2) is 8.24. The molecule has 2 aromatic rings. The van der Waals surface area contributed by atoms with Crippen molar-refractivity contribution in [2.75, 3.05) is 5.32 Å². The lowest BCUT2D eigenvalue weighted by Crippen LogP contribution is -2.29. The Hall–Kier alpha value is -2.95. The normalized spacial score (nSPS) is 12.0. The molecule has 0 heterocycles. The molecule has 1 amide bonds. The fraction of sp³-hybridized carbons (Fsp3) is 0.200. The smallest absolute Gasteiger partial charge is 0.331 e. The third kappa shape index (κ3) is 5.57. The molecular weight excluding hydrogens is 321 g/mol. The van der Waals surface area contributed by atoms with Gasteiger partial charge in [0.15, 0.2) is 6.10 Å². The zero-order valence-electron chi connectivity index (χ0n) is 14.4. The minimum absolute atomic E-state index is 0.350. The number of halogens is 1. The number of ether oxygens (including phenoxy) is 1. The average molecular weight is 341 g/mol. The van der Waals surface area contributed by atoms with Gasteiger partial charge in [0.1, 0.15) is 5.82 Å². The molecule has 4 nitrogen and oxygen atoms in total. The maximum Gasteiger partial charge on any atom is 0.331 e. The average Bonchev–Trinajstić information content (AvgIpc) is 2.57. The fourth-order valence-electron chi connectivity index (χ4n) is 2.11. The Bertz CT molecular complexity index is 797. The molecule has 2 aromatic carbocycles. The van der Waals surface area contributed by atoms with Crippen molar-refractivity contribution in [2.45, 2.75) is 26.9 Å². The van der Waals surface area contributed by atoms with Crippen LogP contribution in [0.15, 0.2) is 48.5 Å². The summed E-state index contributed by atoms with van der Waals surface area (Å²) in [6, 6.07) is 11.4. The lowest BCUT2D eigenvalue weighted by atomic mass is 10.1. The van der Waals surface area contributed by atoms with Crippen molar-refractivity contribution in [2.24, 2.45) is 0 Å². The van der Waals surface area contributed by atoms with Crippen molar-refractivity contribution in [3.05, 3.63) is 71.0 Å². The highest BCUT2D eigenvalue weighted by Gasteiger charge is 2.17. The number of carbonyl (C=O) groups is 2. The van der Waals surface area contributed by atoms with E-state index in [-0.39, 0.29) is 5.82 Å². The Kier molecular flexibility index (Phi) is 6.06. The van der Waals surface area contributed by atoms with E-state index in [1.54, 1.807) is 0 Å². The number of anilines is 1. The Labute approximate surface area is 146 Å². The SMILES string of the molecule is Cc1ccc(C)c(NC(=O)C(C)OC(=O)/C=C/c2ccc(F)cc2)c1. The summed E-state index contributed by atoms with van der Waals surface area (Å²) >= 11 is 0. The number of hydrogen-bond acceptors (Lipinski definition) is 3. The van der Waals surface area contributed by atoms with Crippen molar-refractivity contribution < 1.29 is 18.7 Å². The molecule has 0 radical (unpaired) electrons. The van der Waals surface area contributed by atoms with E-state index in [1.165, 1.54) is 43.3 Å². The van der Waals surface area contributed by atoms with Crippen LogP contribution >= 0.6 is 0 Å². The van der Waals surface area contributed by atoms with Gasteiger partial charge in [-0.3, -0.25) is 4.79 Å². The molecule has 1 atom stereocenters. The highest BCUT2D eigenvalue weighted by atomic mass is 19.1. The molecule has 0 saturated carbocycles. The van der Waals surface area contributed by atoms with E-state index < -0.39 is 18.0 Å². The summed E-state index contributed by atoms with van der Waals surface area (Å²) in [7, 11) is 0. The van der Waals surface area contributed by atoms with Crippen LogP contribution in [0.4, 0.5) is 10.1 Å². The van der Waals surface area contributed by atoms with Crippen LogP contribution in [-0.4, -0.2) is 18.0 Å². The Morgan fingerprint density at radius 3 is 2.48 bits per heavy atom. The molecule has 0 fully saturated rings. The van der Waals surface area contributed by atoms with Gasteiger partial charge < -0.3 is 10.1 Å². The number of aryl methyl sites for hydroxylation is 2. The topological polar surface area (TPSA) is 55.4 Å². The van der Waals surface area contributed by atoms with Crippen LogP contribution in [0.5, 0.6) is 0 Å². The van der Waals surface area contributed by atoms with Crippen molar-refractivity contribution in [3.63, 3.8) is 0 Å². The van der Waals surface area contributed by atoms with Crippen molar-refractivity contribution in [1.29, 1.82) is 0 Å². The van der Waals surface area contributed by atoms with Gasteiger partial charge in [-0.1, -0.05) is 24.3 Å². The summed E-state index contributed by atoms with van der Waals surface area (Å²) in [5, 5.41) is 2.75. The van der Waals surface area contributed by atoms with E-state index in [1.807, 2.05) is 32.0 Å². The van der Waals surface area contributed by atoms with Crippen LogP contribution in [0.25, 0.3) is 6.08 Å². The van der Waals surface area contributed by atoms with Crippen LogP contribution in [-0.2, 0) is 14.3 Å². The minimum atomic E-state index is -0.940. The monoisotopic (exact) mass is 341 g/mol. The molecule has 0 aliphatic carbocycles. The lowest BCUT2D eigenvalue weighted by Gasteiger charge is -2.14. The number of benzene rings is 2. The van der Waals surface area contributed by atoms with Crippen molar-refractivity contribution >= 4 is 23.6 Å². The first kappa shape index (κ1) is 18.4.